The van der Waals surface area contributed by atoms with E-state index in [0.717, 1.165) is 11.1 Å². The standard InChI is InChI=1S/C11H12N2O2/c1-7-9(5-12)3-8(11(14)15-2)4-10(7)6-13/h3-4H,5,12H2,1-2H3. The van der Waals surface area contributed by atoms with Crippen LogP contribution < -0.4 is 5.73 Å². The van der Waals surface area contributed by atoms with Gasteiger partial charge in [-0.05, 0) is 30.2 Å². The van der Waals surface area contributed by atoms with Crippen LogP contribution in [0.25, 0.3) is 0 Å². The second-order valence-corrected chi connectivity index (χ2v) is 3.12. The highest BCUT2D eigenvalue weighted by Crippen LogP contribution is 2.16. The number of esters is 1. The van der Waals surface area contributed by atoms with Gasteiger partial charge in [-0.3, -0.25) is 0 Å². The Morgan fingerprint density at radius 3 is 2.73 bits per heavy atom. The molecule has 15 heavy (non-hydrogen) atoms. The number of nitriles is 1. The monoisotopic (exact) mass is 204 g/mol. The van der Waals surface area contributed by atoms with E-state index in [9.17, 15) is 4.79 Å². The van der Waals surface area contributed by atoms with Gasteiger partial charge in [0.05, 0.1) is 24.3 Å². The van der Waals surface area contributed by atoms with Crippen molar-refractivity contribution in [2.45, 2.75) is 13.5 Å². The smallest absolute Gasteiger partial charge is 0.337 e. The van der Waals surface area contributed by atoms with Gasteiger partial charge in [0.15, 0.2) is 0 Å². The van der Waals surface area contributed by atoms with E-state index in [4.69, 9.17) is 11.0 Å². The Labute approximate surface area is 88.3 Å². The lowest BCUT2D eigenvalue weighted by Gasteiger charge is -2.07. The van der Waals surface area contributed by atoms with Crippen LogP contribution in [0.2, 0.25) is 0 Å². The highest BCUT2D eigenvalue weighted by Gasteiger charge is 2.11. The molecule has 0 fully saturated rings. The molecule has 78 valence electrons. The Morgan fingerprint density at radius 1 is 1.60 bits per heavy atom. The topological polar surface area (TPSA) is 76.1 Å². The van der Waals surface area contributed by atoms with Crippen LogP contribution in [0.3, 0.4) is 0 Å². The Kier molecular flexibility index (Phi) is 3.42. The van der Waals surface area contributed by atoms with Gasteiger partial charge in [0, 0.05) is 6.54 Å². The SMILES string of the molecule is COC(=O)c1cc(C#N)c(C)c(CN)c1. The number of ether oxygens (including phenoxy) is 1. The summed E-state index contributed by atoms with van der Waals surface area (Å²) in [7, 11) is 1.30. The summed E-state index contributed by atoms with van der Waals surface area (Å²) in [6.07, 6.45) is 0. The van der Waals surface area contributed by atoms with Gasteiger partial charge in [0.1, 0.15) is 0 Å². The molecule has 1 rings (SSSR count). The minimum absolute atomic E-state index is 0.297. The van der Waals surface area contributed by atoms with Crippen molar-refractivity contribution in [3.05, 3.63) is 34.4 Å². The third-order valence-corrected chi connectivity index (χ3v) is 2.28. The van der Waals surface area contributed by atoms with Crippen LogP contribution in [0.15, 0.2) is 12.1 Å². The fourth-order valence-electron chi connectivity index (χ4n) is 1.34. The maximum Gasteiger partial charge on any atom is 0.337 e. The van der Waals surface area contributed by atoms with E-state index in [1.165, 1.54) is 13.2 Å². The number of rotatable bonds is 2. The molecule has 1 aromatic carbocycles. The molecule has 0 atom stereocenters. The predicted molar refractivity (Wildman–Crippen MR) is 55.1 cm³/mol. The zero-order valence-corrected chi connectivity index (χ0v) is 8.70. The second kappa shape index (κ2) is 4.58. The number of hydrogen-bond acceptors (Lipinski definition) is 4. The molecule has 0 bridgehead atoms. The Hall–Kier alpha value is -1.86. The summed E-state index contributed by atoms with van der Waals surface area (Å²) in [5, 5.41) is 8.87. The summed E-state index contributed by atoms with van der Waals surface area (Å²) in [6, 6.07) is 5.19. The summed E-state index contributed by atoms with van der Waals surface area (Å²) in [4.78, 5) is 11.3. The molecular formula is C11H12N2O2. The minimum atomic E-state index is -0.457. The van der Waals surface area contributed by atoms with Gasteiger partial charge in [-0.15, -0.1) is 0 Å². The normalized spacial score (nSPS) is 9.47. The molecule has 4 nitrogen and oxygen atoms in total. The number of methoxy groups -OCH3 is 1. The lowest BCUT2D eigenvalue weighted by molar-refractivity contribution is 0.0600. The van der Waals surface area contributed by atoms with E-state index in [0.29, 0.717) is 17.7 Å². The lowest BCUT2D eigenvalue weighted by atomic mass is 9.99. The van der Waals surface area contributed by atoms with Crippen LogP contribution in [0, 0.1) is 18.3 Å². The number of benzene rings is 1. The van der Waals surface area contributed by atoms with Crippen LogP contribution in [-0.4, -0.2) is 13.1 Å². The van der Waals surface area contributed by atoms with Gasteiger partial charge >= 0.3 is 5.97 Å². The molecule has 0 aromatic heterocycles. The molecule has 0 saturated carbocycles. The fourth-order valence-corrected chi connectivity index (χ4v) is 1.34. The maximum atomic E-state index is 11.3. The van der Waals surface area contributed by atoms with E-state index in [1.807, 2.05) is 13.0 Å². The Morgan fingerprint density at radius 2 is 2.27 bits per heavy atom. The summed E-state index contributed by atoms with van der Waals surface area (Å²) >= 11 is 0. The summed E-state index contributed by atoms with van der Waals surface area (Å²) in [6.45, 7) is 2.10. The van der Waals surface area contributed by atoms with Crippen molar-refractivity contribution in [2.75, 3.05) is 7.11 Å². The van der Waals surface area contributed by atoms with Crippen molar-refractivity contribution < 1.29 is 9.53 Å². The van der Waals surface area contributed by atoms with Crippen LogP contribution in [0.4, 0.5) is 0 Å². The molecule has 2 N–H and O–H groups in total. The Balaban J connectivity index is 3.34. The van der Waals surface area contributed by atoms with E-state index >= 15 is 0 Å². The molecule has 0 aliphatic rings. The zero-order chi connectivity index (χ0) is 11.4. The van der Waals surface area contributed by atoms with Crippen molar-refractivity contribution in [3.8, 4) is 6.07 Å². The van der Waals surface area contributed by atoms with Crippen LogP contribution >= 0.6 is 0 Å². The van der Waals surface area contributed by atoms with Crippen LogP contribution in [0.5, 0.6) is 0 Å². The molecule has 1 aromatic rings. The third-order valence-electron chi connectivity index (χ3n) is 2.28. The summed E-state index contributed by atoms with van der Waals surface area (Å²) < 4.78 is 4.59. The van der Waals surface area contributed by atoms with Gasteiger partial charge < -0.3 is 10.5 Å². The number of carbonyl (C=O) groups excluding carboxylic acids is 1. The molecule has 0 unspecified atom stereocenters. The number of carbonyl (C=O) groups is 1. The van der Waals surface area contributed by atoms with Crippen molar-refractivity contribution in [1.82, 2.24) is 0 Å². The van der Waals surface area contributed by atoms with Crippen LogP contribution in [-0.2, 0) is 11.3 Å². The highest BCUT2D eigenvalue weighted by atomic mass is 16.5. The van der Waals surface area contributed by atoms with E-state index < -0.39 is 5.97 Å². The largest absolute Gasteiger partial charge is 0.465 e. The van der Waals surface area contributed by atoms with Gasteiger partial charge in [0.2, 0.25) is 0 Å². The maximum absolute atomic E-state index is 11.3. The number of nitrogens with two attached hydrogens (primary N) is 1. The average Bonchev–Trinajstić information content (AvgIpc) is 2.28. The number of hydrogen-bond donors (Lipinski definition) is 1. The molecule has 0 radical (unpaired) electrons. The molecule has 0 aliphatic heterocycles. The zero-order valence-electron chi connectivity index (χ0n) is 8.70. The first kappa shape index (κ1) is 11.2. The van der Waals surface area contributed by atoms with E-state index in [1.54, 1.807) is 6.07 Å². The first-order valence-electron chi connectivity index (χ1n) is 4.46. The van der Waals surface area contributed by atoms with E-state index in [-0.39, 0.29) is 0 Å². The summed E-state index contributed by atoms with van der Waals surface area (Å²) in [5.41, 5.74) is 7.94. The Bertz CT molecular complexity index is 433. The van der Waals surface area contributed by atoms with Crippen molar-refractivity contribution >= 4 is 5.97 Å². The predicted octanol–water partition coefficient (Wildman–Crippen LogP) is 1.11. The quantitative estimate of drug-likeness (QED) is 0.732. The van der Waals surface area contributed by atoms with Gasteiger partial charge in [-0.1, -0.05) is 0 Å². The average molecular weight is 204 g/mol. The minimum Gasteiger partial charge on any atom is -0.465 e. The first-order chi connectivity index (χ1) is 7.13. The van der Waals surface area contributed by atoms with Gasteiger partial charge in [-0.2, -0.15) is 5.26 Å². The van der Waals surface area contributed by atoms with E-state index in [2.05, 4.69) is 4.74 Å². The van der Waals surface area contributed by atoms with Gasteiger partial charge in [-0.25, -0.2) is 4.79 Å². The highest BCUT2D eigenvalue weighted by molar-refractivity contribution is 5.90. The molecular weight excluding hydrogens is 192 g/mol. The third kappa shape index (κ3) is 2.14. The molecule has 0 spiro atoms. The first-order valence-corrected chi connectivity index (χ1v) is 4.46. The summed E-state index contributed by atoms with van der Waals surface area (Å²) in [5.74, 6) is -0.457. The fraction of sp³-hybridized carbons (Fsp3) is 0.273. The lowest BCUT2D eigenvalue weighted by Crippen LogP contribution is -2.07. The molecule has 4 heteroatoms. The van der Waals surface area contributed by atoms with Crippen molar-refractivity contribution in [3.63, 3.8) is 0 Å². The molecule has 0 saturated heterocycles. The molecule has 0 amide bonds. The van der Waals surface area contributed by atoms with Crippen molar-refractivity contribution in [1.29, 1.82) is 5.26 Å². The molecule has 0 heterocycles. The number of nitrogens with zero attached hydrogens (tertiary/aromatic N) is 1. The second-order valence-electron chi connectivity index (χ2n) is 3.12. The van der Waals surface area contributed by atoms with Crippen LogP contribution in [0.1, 0.15) is 27.0 Å². The molecule has 0 aliphatic carbocycles. The van der Waals surface area contributed by atoms with Gasteiger partial charge in [0.25, 0.3) is 0 Å². The van der Waals surface area contributed by atoms with Crippen molar-refractivity contribution in [2.24, 2.45) is 5.73 Å².